The Morgan fingerprint density at radius 1 is 0.857 bits per heavy atom. The van der Waals surface area contributed by atoms with Crippen molar-refractivity contribution in [3.05, 3.63) is 161 Å². The van der Waals surface area contributed by atoms with Gasteiger partial charge in [-0.15, -0.1) is 0 Å². The number of nitrogens with two attached hydrogens (primary N) is 1. The number of nitrogen functional groups attached to an aromatic ring is 1. The number of halogens is 1. The molecule has 4 aromatic carbocycles. The van der Waals surface area contributed by atoms with E-state index >= 15 is 0 Å². The van der Waals surface area contributed by atoms with Gasteiger partial charge in [0.15, 0.2) is 10.8 Å². The van der Waals surface area contributed by atoms with Crippen LogP contribution in [0.4, 0.5) is 5.95 Å². The number of aliphatic hydroxyl groups excluding tert-OH is 1. The minimum absolute atomic E-state index is 0.000397. The maximum atomic E-state index is 12.4. The molecular formula is C39H36ClN5O4. The molecule has 0 saturated heterocycles. The van der Waals surface area contributed by atoms with Crippen LogP contribution in [0.25, 0.3) is 11.2 Å². The highest BCUT2D eigenvalue weighted by Crippen LogP contribution is 2.49. The van der Waals surface area contributed by atoms with Crippen LogP contribution < -0.4 is 10.5 Å². The summed E-state index contributed by atoms with van der Waals surface area (Å²) in [6.07, 6.45) is -0.322. The second-order valence-electron chi connectivity index (χ2n) is 12.0. The van der Waals surface area contributed by atoms with Crippen molar-refractivity contribution in [1.29, 1.82) is 0 Å². The minimum Gasteiger partial charge on any atom is -0.497 e. The number of aromatic nitrogens is 4. The zero-order chi connectivity index (χ0) is 34.0. The van der Waals surface area contributed by atoms with E-state index in [0.717, 1.165) is 22.3 Å². The third kappa shape index (κ3) is 6.06. The second-order valence-corrected chi connectivity index (χ2v) is 12.4. The second kappa shape index (κ2) is 13.8. The number of hydrogen-bond donors (Lipinski definition) is 2. The zero-order valence-electron chi connectivity index (χ0n) is 26.9. The molecule has 0 amide bonds. The van der Waals surface area contributed by atoms with E-state index in [0.29, 0.717) is 29.1 Å². The molecule has 6 aromatic rings. The average Bonchev–Trinajstić information content (AvgIpc) is 3.65. The summed E-state index contributed by atoms with van der Waals surface area (Å²) in [5.74, 6) is 0.271. The van der Waals surface area contributed by atoms with Crippen LogP contribution in [-0.2, 0) is 21.7 Å². The molecule has 0 spiro atoms. The van der Waals surface area contributed by atoms with Gasteiger partial charge in [-0.2, -0.15) is 9.97 Å². The molecular weight excluding hydrogens is 638 g/mol. The van der Waals surface area contributed by atoms with Gasteiger partial charge in [0, 0.05) is 5.92 Å². The predicted octanol–water partition coefficient (Wildman–Crippen LogP) is 6.75. The van der Waals surface area contributed by atoms with Crippen LogP contribution in [0.5, 0.6) is 5.75 Å². The topological polar surface area (TPSA) is 118 Å². The van der Waals surface area contributed by atoms with Crippen LogP contribution in [0.2, 0.25) is 5.15 Å². The molecule has 2 heterocycles. The van der Waals surface area contributed by atoms with E-state index in [1.54, 1.807) is 18.0 Å². The van der Waals surface area contributed by atoms with Crippen LogP contribution >= 0.6 is 11.6 Å². The summed E-state index contributed by atoms with van der Waals surface area (Å²) < 4.78 is 21.1. The molecule has 1 fully saturated rings. The lowest BCUT2D eigenvalue weighted by Gasteiger charge is -2.40. The molecule has 4 atom stereocenters. The zero-order valence-corrected chi connectivity index (χ0v) is 27.6. The number of fused-ring (bicyclic) bond motifs is 1. The van der Waals surface area contributed by atoms with E-state index in [-0.39, 0.29) is 17.7 Å². The quantitative estimate of drug-likeness (QED) is 0.0881. The molecule has 9 nitrogen and oxygen atoms in total. The van der Waals surface area contributed by atoms with Gasteiger partial charge in [-0.05, 0) is 40.0 Å². The summed E-state index contributed by atoms with van der Waals surface area (Å²) in [7, 11) is 1.64. The highest BCUT2D eigenvalue weighted by Gasteiger charge is 2.52. The fraction of sp³-hybridized carbons (Fsp3) is 0.205. The number of anilines is 1. The Morgan fingerprint density at radius 2 is 1.45 bits per heavy atom. The van der Waals surface area contributed by atoms with Gasteiger partial charge in [0.1, 0.15) is 23.0 Å². The van der Waals surface area contributed by atoms with E-state index in [9.17, 15) is 5.11 Å². The number of methoxy groups -OCH3 is 1. The van der Waals surface area contributed by atoms with Crippen LogP contribution in [0, 0.1) is 5.92 Å². The predicted molar refractivity (Wildman–Crippen MR) is 189 cm³/mol. The van der Waals surface area contributed by atoms with E-state index < -0.39 is 29.8 Å². The third-order valence-electron chi connectivity index (χ3n) is 9.19. The van der Waals surface area contributed by atoms with E-state index in [4.69, 9.17) is 31.5 Å². The summed E-state index contributed by atoms with van der Waals surface area (Å²) in [6, 6.07) is 37.1. The van der Waals surface area contributed by atoms with Crippen molar-refractivity contribution < 1.29 is 19.3 Å². The number of nitrogens with zero attached hydrogens (tertiary/aromatic N) is 4. The smallest absolute Gasteiger partial charge is 0.223 e. The van der Waals surface area contributed by atoms with E-state index in [1.807, 2.05) is 115 Å². The van der Waals surface area contributed by atoms with Crippen molar-refractivity contribution in [2.24, 2.45) is 5.92 Å². The van der Waals surface area contributed by atoms with Gasteiger partial charge in [-0.1, -0.05) is 121 Å². The fourth-order valence-corrected chi connectivity index (χ4v) is 7.04. The lowest BCUT2D eigenvalue weighted by Crippen LogP contribution is -2.43. The molecule has 0 bridgehead atoms. The van der Waals surface area contributed by atoms with Crippen molar-refractivity contribution in [2.45, 2.75) is 30.5 Å². The maximum Gasteiger partial charge on any atom is 0.223 e. The largest absolute Gasteiger partial charge is 0.497 e. The molecule has 49 heavy (non-hydrogen) atoms. The normalized spacial score (nSPS) is 19.4. The fourth-order valence-electron chi connectivity index (χ4n) is 6.82. The van der Waals surface area contributed by atoms with Gasteiger partial charge in [0.2, 0.25) is 5.95 Å². The molecule has 248 valence electrons. The molecule has 7 rings (SSSR count). The summed E-state index contributed by atoms with van der Waals surface area (Å²) >= 11 is 6.41. The first-order valence-corrected chi connectivity index (χ1v) is 16.4. The Kier molecular flexibility index (Phi) is 9.16. The number of hydrogen-bond acceptors (Lipinski definition) is 8. The highest BCUT2D eigenvalue weighted by atomic mass is 35.5. The Morgan fingerprint density at radius 3 is 2.06 bits per heavy atom. The molecule has 1 saturated carbocycles. The molecule has 1 aliphatic carbocycles. The third-order valence-corrected chi connectivity index (χ3v) is 9.45. The number of imidazole rings is 1. The van der Waals surface area contributed by atoms with Crippen LogP contribution in [0.3, 0.4) is 0 Å². The van der Waals surface area contributed by atoms with E-state index in [1.165, 1.54) is 0 Å². The summed E-state index contributed by atoms with van der Waals surface area (Å²) in [5, 5.41) is 12.6. The number of rotatable bonds is 11. The minimum atomic E-state index is -1.15. The standard InChI is InChI=1S/C39H36ClN5O4/c1-25-31(23-48-22-26-12-6-3-7-13-26)35(34(46)33(25)45-24-42-32-36(40)43-38(41)44-37(32)45)49-39(27-14-8-4-9-15-27,28-16-10-5-11-17-28)29-18-20-30(47-2)21-19-29/h3-21,24,31,33-35,46H,1,22-23H2,2H3,(H2,41,43,44). The SMILES string of the molecule is C=C1C(COCc2ccccc2)C(OC(c2ccccc2)(c2ccccc2)c2ccc(OC)cc2)C(O)C1n1cnc2c(Cl)nc(N)nc21. The number of benzene rings is 4. The van der Waals surface area contributed by atoms with Crippen LogP contribution in [0.15, 0.2) is 134 Å². The van der Waals surface area contributed by atoms with Gasteiger partial charge in [0.05, 0.1) is 38.8 Å². The maximum absolute atomic E-state index is 12.4. The Labute approximate surface area is 289 Å². The van der Waals surface area contributed by atoms with Crippen molar-refractivity contribution in [3.8, 4) is 5.75 Å². The van der Waals surface area contributed by atoms with Gasteiger partial charge < -0.3 is 29.6 Å². The van der Waals surface area contributed by atoms with Gasteiger partial charge in [-0.25, -0.2) is 4.98 Å². The highest BCUT2D eigenvalue weighted by molar-refractivity contribution is 6.33. The monoisotopic (exact) mass is 673 g/mol. The molecule has 4 unspecified atom stereocenters. The molecule has 2 aromatic heterocycles. The molecule has 10 heteroatoms. The molecule has 0 aliphatic heterocycles. The molecule has 0 radical (unpaired) electrons. The molecule has 3 N–H and O–H groups in total. The van der Waals surface area contributed by atoms with Gasteiger partial charge in [-0.3, -0.25) is 0 Å². The molecule has 1 aliphatic rings. The van der Waals surface area contributed by atoms with Gasteiger partial charge >= 0.3 is 0 Å². The number of ether oxygens (including phenoxy) is 3. The summed E-state index contributed by atoms with van der Waals surface area (Å²) in [6.45, 7) is 5.15. The first-order chi connectivity index (χ1) is 23.9. The van der Waals surface area contributed by atoms with Crippen LogP contribution in [0.1, 0.15) is 28.3 Å². The van der Waals surface area contributed by atoms with Gasteiger partial charge in [0.25, 0.3) is 0 Å². The van der Waals surface area contributed by atoms with Crippen molar-refractivity contribution in [2.75, 3.05) is 19.5 Å². The lowest BCUT2D eigenvalue weighted by molar-refractivity contribution is -0.119. The van der Waals surface area contributed by atoms with Crippen molar-refractivity contribution in [1.82, 2.24) is 19.5 Å². The van der Waals surface area contributed by atoms with Crippen molar-refractivity contribution >= 4 is 28.7 Å². The first-order valence-electron chi connectivity index (χ1n) is 16.0. The summed E-state index contributed by atoms with van der Waals surface area (Å²) in [4.78, 5) is 13.0. The van der Waals surface area contributed by atoms with Crippen molar-refractivity contribution in [3.63, 3.8) is 0 Å². The summed E-state index contributed by atoms with van der Waals surface area (Å²) in [5.41, 5.74) is 9.98. The van der Waals surface area contributed by atoms with E-state index in [2.05, 4.69) is 21.5 Å². The first kappa shape index (κ1) is 32.5. The Balaban J connectivity index is 1.37. The lowest BCUT2D eigenvalue weighted by atomic mass is 9.79. The number of aliphatic hydroxyl groups is 1. The Bertz CT molecular complexity index is 2000. The average molecular weight is 674 g/mol. The Hall–Kier alpha value is -5.06. The van der Waals surface area contributed by atoms with Crippen LogP contribution in [-0.4, -0.2) is 50.6 Å².